The lowest BCUT2D eigenvalue weighted by molar-refractivity contribution is 0.472. The third-order valence-electron chi connectivity index (χ3n) is 5.66. The van der Waals surface area contributed by atoms with E-state index in [-0.39, 0.29) is 5.41 Å². The fraction of sp³-hybridized carbons (Fsp3) is 0.190. The van der Waals surface area contributed by atoms with Crippen LogP contribution < -0.4 is 0 Å². The van der Waals surface area contributed by atoms with Gasteiger partial charge in [-0.25, -0.2) is 9.97 Å². The third kappa shape index (κ3) is 2.64. The number of aromatic nitrogens is 7. The van der Waals surface area contributed by atoms with Crippen molar-refractivity contribution in [3.05, 3.63) is 65.8 Å². The van der Waals surface area contributed by atoms with Gasteiger partial charge in [0.2, 0.25) is 11.8 Å². The van der Waals surface area contributed by atoms with Crippen LogP contribution in [0.3, 0.4) is 0 Å². The lowest BCUT2D eigenvalue weighted by Crippen LogP contribution is -2.09. The van der Waals surface area contributed by atoms with Crippen LogP contribution in [-0.2, 0) is 12.5 Å². The zero-order valence-electron chi connectivity index (χ0n) is 16.0. The molecule has 148 valence electrons. The van der Waals surface area contributed by atoms with E-state index in [4.69, 9.17) is 16.0 Å². The third-order valence-corrected chi connectivity index (χ3v) is 5.87. The van der Waals surface area contributed by atoms with Crippen LogP contribution in [-0.4, -0.2) is 34.9 Å². The van der Waals surface area contributed by atoms with Crippen LogP contribution in [0.4, 0.5) is 0 Å². The van der Waals surface area contributed by atoms with Crippen LogP contribution in [0.2, 0.25) is 5.15 Å². The maximum Gasteiger partial charge on any atom is 0.249 e. The minimum absolute atomic E-state index is 0.275. The topological polar surface area (TPSA) is 98.3 Å². The minimum Gasteiger partial charge on any atom is -0.420 e. The lowest BCUT2D eigenvalue weighted by atomic mass is 9.97. The average Bonchev–Trinajstić information content (AvgIpc) is 3.09. The number of H-pyrrole nitrogens is 1. The SMILES string of the molecule is Cn1cc(-c2cnc3[nH]cc(-c4nnc(C5(c6ccnc(Cl)c6)CC5)o4)c3c2)cn1. The molecule has 1 aliphatic rings. The highest BCUT2D eigenvalue weighted by Crippen LogP contribution is 2.53. The summed E-state index contributed by atoms with van der Waals surface area (Å²) in [5, 5.41) is 14.3. The first-order valence-electron chi connectivity index (χ1n) is 9.55. The van der Waals surface area contributed by atoms with E-state index in [2.05, 4.69) is 36.3 Å². The van der Waals surface area contributed by atoms with Crippen molar-refractivity contribution in [2.75, 3.05) is 0 Å². The van der Waals surface area contributed by atoms with Crippen molar-refractivity contribution in [2.45, 2.75) is 18.3 Å². The van der Waals surface area contributed by atoms with Gasteiger partial charge in [-0.3, -0.25) is 4.68 Å². The van der Waals surface area contributed by atoms with Crippen molar-refractivity contribution in [3.63, 3.8) is 0 Å². The standard InChI is InChI=1S/C21H16ClN7O/c1-29-11-13(9-26-29)12-6-15-16(10-25-18(15)24-8-12)19-27-28-20(30-19)21(3-4-21)14-2-5-23-17(22)7-14/h2,5-11H,3-4H2,1H3,(H,24,25). The van der Waals surface area contributed by atoms with Gasteiger partial charge >= 0.3 is 0 Å². The summed E-state index contributed by atoms with van der Waals surface area (Å²) in [5.74, 6) is 1.07. The number of pyridine rings is 2. The second kappa shape index (κ2) is 6.24. The molecule has 5 aromatic heterocycles. The fourth-order valence-electron chi connectivity index (χ4n) is 3.89. The summed E-state index contributed by atoms with van der Waals surface area (Å²) in [6.07, 6.45) is 11.0. The highest BCUT2D eigenvalue weighted by Gasteiger charge is 2.51. The molecule has 6 rings (SSSR count). The smallest absolute Gasteiger partial charge is 0.249 e. The van der Waals surface area contributed by atoms with Crippen LogP contribution >= 0.6 is 11.6 Å². The molecule has 1 aliphatic carbocycles. The van der Waals surface area contributed by atoms with Gasteiger partial charge in [0.25, 0.3) is 0 Å². The number of fused-ring (bicyclic) bond motifs is 1. The molecule has 0 radical (unpaired) electrons. The van der Waals surface area contributed by atoms with E-state index in [1.54, 1.807) is 10.9 Å². The minimum atomic E-state index is -0.275. The molecule has 30 heavy (non-hydrogen) atoms. The summed E-state index contributed by atoms with van der Waals surface area (Å²) in [5.41, 5.74) is 4.34. The Hall–Kier alpha value is -3.52. The largest absolute Gasteiger partial charge is 0.420 e. The van der Waals surface area contributed by atoms with Crippen LogP contribution in [0.5, 0.6) is 0 Å². The van der Waals surface area contributed by atoms with Gasteiger partial charge < -0.3 is 9.40 Å². The van der Waals surface area contributed by atoms with Crippen LogP contribution in [0.25, 0.3) is 33.6 Å². The summed E-state index contributed by atoms with van der Waals surface area (Å²) in [6.45, 7) is 0. The lowest BCUT2D eigenvalue weighted by Gasteiger charge is -2.10. The van der Waals surface area contributed by atoms with Crippen molar-refractivity contribution >= 4 is 22.6 Å². The molecule has 5 heterocycles. The van der Waals surface area contributed by atoms with Gasteiger partial charge in [-0.15, -0.1) is 10.2 Å². The number of aryl methyl sites for hydroxylation is 1. The highest BCUT2D eigenvalue weighted by atomic mass is 35.5. The quantitative estimate of drug-likeness (QED) is 0.441. The number of rotatable bonds is 4. The number of nitrogens with one attached hydrogen (secondary N) is 1. The maximum atomic E-state index is 6.16. The second-order valence-corrected chi connectivity index (χ2v) is 7.97. The van der Waals surface area contributed by atoms with Gasteiger partial charge in [0.05, 0.1) is 17.2 Å². The first-order chi connectivity index (χ1) is 14.6. The van der Waals surface area contributed by atoms with Crippen molar-refractivity contribution < 1.29 is 4.42 Å². The number of hydrogen-bond donors (Lipinski definition) is 1. The average molecular weight is 418 g/mol. The van der Waals surface area contributed by atoms with Gasteiger partial charge in [0.15, 0.2) is 0 Å². The van der Waals surface area contributed by atoms with E-state index in [1.807, 2.05) is 44.0 Å². The van der Waals surface area contributed by atoms with E-state index in [9.17, 15) is 0 Å². The highest BCUT2D eigenvalue weighted by molar-refractivity contribution is 6.29. The first kappa shape index (κ1) is 17.3. The molecule has 5 aromatic rings. The molecular formula is C21H16ClN7O. The van der Waals surface area contributed by atoms with E-state index in [0.29, 0.717) is 16.9 Å². The van der Waals surface area contributed by atoms with Gasteiger partial charge in [-0.2, -0.15) is 5.10 Å². The molecule has 1 fully saturated rings. The van der Waals surface area contributed by atoms with Crippen LogP contribution in [0.15, 0.2) is 53.6 Å². The molecule has 0 spiro atoms. The van der Waals surface area contributed by atoms with Crippen molar-refractivity contribution in [1.29, 1.82) is 0 Å². The van der Waals surface area contributed by atoms with Crippen LogP contribution in [0.1, 0.15) is 24.3 Å². The predicted molar refractivity (Wildman–Crippen MR) is 111 cm³/mol. The molecule has 1 saturated carbocycles. The van der Waals surface area contributed by atoms with Crippen molar-refractivity contribution in [1.82, 2.24) is 34.9 Å². The molecule has 0 atom stereocenters. The summed E-state index contributed by atoms with van der Waals surface area (Å²) in [6, 6.07) is 5.89. The molecule has 0 saturated heterocycles. The van der Waals surface area contributed by atoms with E-state index >= 15 is 0 Å². The second-order valence-electron chi connectivity index (χ2n) is 7.59. The summed E-state index contributed by atoms with van der Waals surface area (Å²) < 4.78 is 7.92. The van der Waals surface area contributed by atoms with E-state index in [0.717, 1.165) is 46.1 Å². The molecule has 1 N–H and O–H groups in total. The van der Waals surface area contributed by atoms with Gasteiger partial charge in [0, 0.05) is 48.3 Å². The Balaban J connectivity index is 1.41. The maximum absolute atomic E-state index is 6.16. The summed E-state index contributed by atoms with van der Waals surface area (Å²) in [4.78, 5) is 11.8. The normalized spacial score (nSPS) is 15.0. The number of halogens is 1. The van der Waals surface area contributed by atoms with E-state index in [1.165, 1.54) is 0 Å². The van der Waals surface area contributed by atoms with Crippen molar-refractivity contribution in [2.24, 2.45) is 7.05 Å². The molecular weight excluding hydrogens is 402 g/mol. The first-order valence-corrected chi connectivity index (χ1v) is 9.93. The molecule has 0 bridgehead atoms. The predicted octanol–water partition coefficient (Wildman–Crippen LogP) is 4.14. The molecule has 0 aliphatic heterocycles. The number of aromatic amines is 1. The zero-order chi connectivity index (χ0) is 20.3. The fourth-order valence-corrected chi connectivity index (χ4v) is 4.06. The summed E-state index contributed by atoms with van der Waals surface area (Å²) >= 11 is 6.09. The Labute approximate surface area is 175 Å². The van der Waals surface area contributed by atoms with E-state index < -0.39 is 0 Å². The molecule has 9 heteroatoms. The van der Waals surface area contributed by atoms with Gasteiger partial charge in [0.1, 0.15) is 10.8 Å². The monoisotopic (exact) mass is 417 g/mol. The van der Waals surface area contributed by atoms with Gasteiger partial charge in [-0.05, 0) is 36.6 Å². The van der Waals surface area contributed by atoms with Crippen molar-refractivity contribution in [3.8, 4) is 22.6 Å². The van der Waals surface area contributed by atoms with Gasteiger partial charge in [-0.1, -0.05) is 11.6 Å². The molecule has 0 aromatic carbocycles. The molecule has 8 nitrogen and oxygen atoms in total. The Kier molecular flexibility index (Phi) is 3.61. The zero-order valence-corrected chi connectivity index (χ0v) is 16.8. The number of nitrogens with zero attached hydrogens (tertiary/aromatic N) is 6. The Morgan fingerprint density at radius 1 is 1.13 bits per heavy atom. The summed E-state index contributed by atoms with van der Waals surface area (Å²) in [7, 11) is 1.89. The van der Waals surface area contributed by atoms with Crippen LogP contribution in [0, 0.1) is 0 Å². The Bertz CT molecular complexity index is 1400. The molecule has 0 unspecified atom stereocenters. The number of hydrogen-bond acceptors (Lipinski definition) is 6. The Morgan fingerprint density at radius 3 is 2.80 bits per heavy atom. The Morgan fingerprint density at radius 2 is 2.03 bits per heavy atom. The molecule has 0 amide bonds.